The lowest BCUT2D eigenvalue weighted by Gasteiger charge is -2.29. The molecule has 130 valence electrons. The van der Waals surface area contributed by atoms with Crippen LogP contribution in [0.2, 0.25) is 0 Å². The number of piperidine rings is 1. The average molecular weight is 351 g/mol. The number of nitrogens with zero attached hydrogens (tertiary/aromatic N) is 2. The van der Waals surface area contributed by atoms with Crippen LogP contribution in [-0.4, -0.2) is 72.8 Å². The maximum atomic E-state index is 12.2. The highest BCUT2D eigenvalue weighted by molar-refractivity contribution is 7.80. The molecule has 0 radical (unpaired) electrons. The molecular formula is C11H17N3O8S. The Morgan fingerprint density at radius 3 is 2.78 bits per heavy atom. The monoisotopic (exact) mass is 351 g/mol. The van der Waals surface area contributed by atoms with Crippen LogP contribution in [0.4, 0.5) is 4.79 Å². The lowest BCUT2D eigenvalue weighted by atomic mass is 10.0. The fraction of sp³-hybridized carbons (Fsp3) is 0.818. The van der Waals surface area contributed by atoms with Crippen LogP contribution in [0.3, 0.4) is 0 Å². The number of urea groups is 1. The molecule has 3 aliphatic rings. The summed E-state index contributed by atoms with van der Waals surface area (Å²) < 4.78 is 39.7. The number of hydrogen-bond donors (Lipinski definition) is 2. The fourth-order valence-corrected chi connectivity index (χ4v) is 3.31. The Morgan fingerprint density at radius 2 is 2.13 bits per heavy atom. The molecule has 2 N–H and O–H groups in total. The quantitative estimate of drug-likeness (QED) is 0.467. The van der Waals surface area contributed by atoms with Gasteiger partial charge in [-0.1, -0.05) is 0 Å². The number of fused-ring (bicyclic) bond motifs is 2. The largest absolute Gasteiger partial charge is 0.418 e. The van der Waals surface area contributed by atoms with Crippen molar-refractivity contribution in [2.75, 3.05) is 19.8 Å². The Kier molecular flexibility index (Phi) is 4.42. The van der Waals surface area contributed by atoms with Crippen LogP contribution in [0.25, 0.3) is 0 Å². The molecule has 3 heterocycles. The first kappa shape index (κ1) is 16.4. The van der Waals surface area contributed by atoms with E-state index in [4.69, 9.17) is 14.1 Å². The van der Waals surface area contributed by atoms with Gasteiger partial charge in [-0.2, -0.15) is 13.5 Å². The summed E-state index contributed by atoms with van der Waals surface area (Å²) >= 11 is 0. The molecule has 0 aromatic carbocycles. The zero-order chi connectivity index (χ0) is 16.6. The number of amides is 3. The van der Waals surface area contributed by atoms with Gasteiger partial charge in [-0.25, -0.2) is 10.3 Å². The van der Waals surface area contributed by atoms with Gasteiger partial charge in [0, 0.05) is 19.6 Å². The van der Waals surface area contributed by atoms with Crippen LogP contribution in [0.15, 0.2) is 0 Å². The van der Waals surface area contributed by atoms with E-state index in [1.54, 1.807) is 0 Å². The molecule has 3 amide bonds. The highest BCUT2D eigenvalue weighted by Gasteiger charge is 2.49. The van der Waals surface area contributed by atoms with Gasteiger partial charge in [0.15, 0.2) is 0 Å². The highest BCUT2D eigenvalue weighted by atomic mass is 32.3. The molecule has 0 aliphatic carbocycles. The second-order valence-electron chi connectivity index (χ2n) is 5.58. The third-order valence-electron chi connectivity index (χ3n) is 4.01. The Morgan fingerprint density at radius 1 is 1.35 bits per heavy atom. The molecule has 3 rings (SSSR count). The van der Waals surface area contributed by atoms with Gasteiger partial charge in [-0.3, -0.25) is 14.2 Å². The van der Waals surface area contributed by atoms with Gasteiger partial charge in [-0.05, 0) is 12.8 Å². The van der Waals surface area contributed by atoms with Crippen molar-refractivity contribution < 1.29 is 36.4 Å². The number of carbonyl (C=O) groups excluding carboxylic acids is 2. The first-order chi connectivity index (χ1) is 10.8. The van der Waals surface area contributed by atoms with E-state index in [0.717, 1.165) is 0 Å². The molecule has 0 saturated carbocycles. The van der Waals surface area contributed by atoms with E-state index in [-0.39, 0.29) is 12.6 Å². The van der Waals surface area contributed by atoms with Gasteiger partial charge >= 0.3 is 16.4 Å². The molecule has 0 aromatic heterocycles. The number of ether oxygens (including phenoxy) is 1. The van der Waals surface area contributed by atoms with Crippen molar-refractivity contribution in [3.63, 3.8) is 0 Å². The van der Waals surface area contributed by atoms with Crippen molar-refractivity contribution in [3.05, 3.63) is 0 Å². The topological polar surface area (TPSA) is 135 Å². The van der Waals surface area contributed by atoms with Crippen molar-refractivity contribution in [2.24, 2.45) is 0 Å². The summed E-state index contributed by atoms with van der Waals surface area (Å²) in [5, 5.41) is 0.592. The predicted octanol–water partition coefficient (Wildman–Crippen LogP) is -1.17. The molecule has 12 heteroatoms. The van der Waals surface area contributed by atoms with Gasteiger partial charge in [0.05, 0.1) is 12.6 Å². The van der Waals surface area contributed by atoms with E-state index in [0.29, 0.717) is 37.5 Å². The Labute approximate surface area is 132 Å². The van der Waals surface area contributed by atoms with E-state index < -0.39 is 34.4 Å². The second-order valence-corrected chi connectivity index (χ2v) is 6.58. The zero-order valence-corrected chi connectivity index (χ0v) is 12.9. The van der Waals surface area contributed by atoms with E-state index in [2.05, 4.69) is 9.76 Å². The molecule has 2 bridgehead atoms. The van der Waals surface area contributed by atoms with Gasteiger partial charge in [0.25, 0.3) is 5.91 Å². The Bertz CT molecular complexity index is 590. The summed E-state index contributed by atoms with van der Waals surface area (Å²) in [6, 6.07) is -2.09. The number of hydroxylamine groups is 3. The molecule has 23 heavy (non-hydrogen) atoms. The van der Waals surface area contributed by atoms with Crippen molar-refractivity contribution in [3.8, 4) is 0 Å². The van der Waals surface area contributed by atoms with Crippen molar-refractivity contribution >= 4 is 22.3 Å². The van der Waals surface area contributed by atoms with Gasteiger partial charge in [0.2, 0.25) is 0 Å². The van der Waals surface area contributed by atoms with Crippen molar-refractivity contribution in [2.45, 2.75) is 37.5 Å². The second kappa shape index (κ2) is 6.20. The smallest absolute Gasteiger partial charge is 0.379 e. The minimum Gasteiger partial charge on any atom is -0.379 e. The van der Waals surface area contributed by atoms with Crippen LogP contribution < -0.4 is 5.48 Å². The molecule has 3 saturated heterocycles. The summed E-state index contributed by atoms with van der Waals surface area (Å²) in [5.74, 6) is -0.489. The third-order valence-corrected chi connectivity index (χ3v) is 4.36. The first-order valence-corrected chi connectivity index (χ1v) is 8.52. The van der Waals surface area contributed by atoms with Gasteiger partial charge in [0.1, 0.15) is 12.1 Å². The lowest BCUT2D eigenvalue weighted by Crippen LogP contribution is -2.50. The van der Waals surface area contributed by atoms with Crippen LogP contribution in [0.5, 0.6) is 0 Å². The Hall–Kier alpha value is -1.47. The molecule has 2 unspecified atom stereocenters. The van der Waals surface area contributed by atoms with Gasteiger partial charge < -0.3 is 9.64 Å². The SMILES string of the molecule is O=C(NOC1CCOC1)[C@@H]1CCC2CN1C(=O)N2OS(=O)(=O)O. The van der Waals surface area contributed by atoms with Crippen molar-refractivity contribution in [1.82, 2.24) is 15.4 Å². The maximum Gasteiger partial charge on any atom is 0.418 e. The predicted molar refractivity (Wildman–Crippen MR) is 71.8 cm³/mol. The van der Waals surface area contributed by atoms with E-state index in [1.807, 2.05) is 0 Å². The molecule has 0 aromatic rings. The van der Waals surface area contributed by atoms with Crippen LogP contribution >= 0.6 is 0 Å². The lowest BCUT2D eigenvalue weighted by molar-refractivity contribution is -0.143. The minimum atomic E-state index is -4.80. The molecule has 11 nitrogen and oxygen atoms in total. The summed E-state index contributed by atoms with van der Waals surface area (Å²) in [4.78, 5) is 30.8. The molecule has 0 spiro atoms. The Balaban J connectivity index is 1.60. The maximum absolute atomic E-state index is 12.2. The first-order valence-electron chi connectivity index (χ1n) is 7.15. The van der Waals surface area contributed by atoms with Crippen LogP contribution in [-0.2, 0) is 29.1 Å². The summed E-state index contributed by atoms with van der Waals surface area (Å²) in [5.41, 5.74) is 2.32. The number of nitrogens with one attached hydrogen (secondary N) is 1. The summed E-state index contributed by atoms with van der Waals surface area (Å²) in [6.07, 6.45) is 1.15. The summed E-state index contributed by atoms with van der Waals surface area (Å²) in [6.45, 7) is 1.10. The van der Waals surface area contributed by atoms with Crippen LogP contribution in [0, 0.1) is 0 Å². The molecule has 3 fully saturated rings. The standard InChI is InChI=1S/C11H17N3O8S/c15-10(12-21-8-3-4-20-6-8)9-2-1-7-5-13(9)11(16)14(7)22-23(17,18)19/h7-9H,1-6H2,(H,12,15)(H,17,18,19)/t7?,8?,9-/m0/s1. The molecule has 3 aliphatic heterocycles. The van der Waals surface area contributed by atoms with E-state index >= 15 is 0 Å². The minimum absolute atomic E-state index is 0.138. The van der Waals surface area contributed by atoms with Gasteiger partial charge in [-0.15, -0.1) is 4.28 Å². The normalized spacial score (nSPS) is 30.8. The number of carbonyl (C=O) groups is 2. The summed E-state index contributed by atoms with van der Waals surface area (Å²) in [7, 11) is -4.80. The number of hydrogen-bond acceptors (Lipinski definition) is 7. The van der Waals surface area contributed by atoms with E-state index in [9.17, 15) is 18.0 Å². The van der Waals surface area contributed by atoms with Crippen LogP contribution in [0.1, 0.15) is 19.3 Å². The highest BCUT2D eigenvalue weighted by Crippen LogP contribution is 2.30. The average Bonchev–Trinajstić information content (AvgIpc) is 3.08. The number of rotatable bonds is 5. The molecular weight excluding hydrogens is 334 g/mol. The zero-order valence-electron chi connectivity index (χ0n) is 12.1. The molecule has 3 atom stereocenters. The fourth-order valence-electron chi connectivity index (χ4n) is 2.92. The third kappa shape index (κ3) is 3.55. The van der Waals surface area contributed by atoms with E-state index in [1.165, 1.54) is 4.90 Å². The van der Waals surface area contributed by atoms with Crippen molar-refractivity contribution in [1.29, 1.82) is 0 Å².